The summed E-state index contributed by atoms with van der Waals surface area (Å²) in [6, 6.07) is 5.59. The number of nitrogens with one attached hydrogen (secondary N) is 1. The molecule has 82 valence electrons. The Labute approximate surface area is 92.3 Å². The number of H-pyrrole nitrogens is 1. The first kappa shape index (κ1) is 10.3. The Bertz CT molecular complexity index is 453. The molecule has 1 N–H and O–H groups in total. The molecule has 0 aliphatic rings. The third kappa shape index (κ3) is 2.22. The van der Waals surface area contributed by atoms with Crippen LogP contribution < -0.4 is 0 Å². The van der Waals surface area contributed by atoms with Gasteiger partial charge in [0.05, 0.1) is 18.4 Å². The van der Waals surface area contributed by atoms with Crippen LogP contribution in [0.4, 0.5) is 0 Å². The number of carbonyl (C=O) groups is 1. The standard InChI is InChI=1S/C10H11N5O/c1-15(7-8-4-2-3-5-11-8)10(16)9-6-12-14-13-9/h2-6H,7H2,1H3,(H,12,13,14). The van der Waals surface area contributed by atoms with Crippen LogP contribution in [0.3, 0.4) is 0 Å². The van der Waals surface area contributed by atoms with Crippen molar-refractivity contribution >= 4 is 5.91 Å². The molecule has 0 saturated heterocycles. The fourth-order valence-corrected chi connectivity index (χ4v) is 1.31. The molecule has 0 bridgehead atoms. The Hall–Kier alpha value is -2.24. The maximum Gasteiger partial charge on any atom is 0.276 e. The Morgan fingerprint density at radius 3 is 3.00 bits per heavy atom. The van der Waals surface area contributed by atoms with E-state index < -0.39 is 0 Å². The average molecular weight is 217 g/mol. The lowest BCUT2D eigenvalue weighted by Crippen LogP contribution is -2.26. The van der Waals surface area contributed by atoms with Crippen molar-refractivity contribution in [2.75, 3.05) is 7.05 Å². The highest BCUT2D eigenvalue weighted by molar-refractivity contribution is 5.91. The summed E-state index contributed by atoms with van der Waals surface area (Å²) < 4.78 is 0. The van der Waals surface area contributed by atoms with E-state index in [4.69, 9.17) is 0 Å². The lowest BCUT2D eigenvalue weighted by Gasteiger charge is -2.14. The Morgan fingerprint density at radius 1 is 1.50 bits per heavy atom. The topological polar surface area (TPSA) is 74.8 Å². The molecule has 1 amide bonds. The van der Waals surface area contributed by atoms with Gasteiger partial charge < -0.3 is 4.90 Å². The minimum Gasteiger partial charge on any atom is -0.334 e. The molecule has 0 unspecified atom stereocenters. The maximum absolute atomic E-state index is 11.8. The molecule has 16 heavy (non-hydrogen) atoms. The number of hydrogen-bond donors (Lipinski definition) is 1. The molecule has 6 heteroatoms. The van der Waals surface area contributed by atoms with E-state index >= 15 is 0 Å². The summed E-state index contributed by atoms with van der Waals surface area (Å²) in [5.74, 6) is -0.181. The van der Waals surface area contributed by atoms with Gasteiger partial charge in [0.15, 0.2) is 5.69 Å². The highest BCUT2D eigenvalue weighted by Crippen LogP contribution is 2.02. The van der Waals surface area contributed by atoms with E-state index in [1.807, 2.05) is 18.2 Å². The van der Waals surface area contributed by atoms with Crippen LogP contribution in [-0.4, -0.2) is 38.2 Å². The van der Waals surface area contributed by atoms with Gasteiger partial charge in [-0.15, -0.1) is 0 Å². The van der Waals surface area contributed by atoms with Crippen LogP contribution in [0.15, 0.2) is 30.6 Å². The van der Waals surface area contributed by atoms with E-state index in [0.29, 0.717) is 12.2 Å². The minimum absolute atomic E-state index is 0.181. The first-order chi connectivity index (χ1) is 7.77. The van der Waals surface area contributed by atoms with Crippen LogP contribution in [0.25, 0.3) is 0 Å². The van der Waals surface area contributed by atoms with Gasteiger partial charge in [-0.1, -0.05) is 6.07 Å². The van der Waals surface area contributed by atoms with Crippen LogP contribution in [0, 0.1) is 0 Å². The van der Waals surface area contributed by atoms with Gasteiger partial charge >= 0.3 is 0 Å². The van der Waals surface area contributed by atoms with Gasteiger partial charge in [0.1, 0.15) is 0 Å². The third-order valence-electron chi connectivity index (χ3n) is 2.11. The zero-order chi connectivity index (χ0) is 11.4. The SMILES string of the molecule is CN(Cc1ccccn1)C(=O)c1cn[nH]n1. The number of carbonyl (C=O) groups excluding carboxylic acids is 1. The van der Waals surface area contributed by atoms with Crippen LogP contribution in [0.2, 0.25) is 0 Å². The molecule has 6 nitrogen and oxygen atoms in total. The lowest BCUT2D eigenvalue weighted by molar-refractivity contribution is 0.0777. The molecule has 2 aromatic rings. The Kier molecular flexibility index (Phi) is 2.90. The first-order valence-electron chi connectivity index (χ1n) is 4.78. The number of nitrogens with zero attached hydrogens (tertiary/aromatic N) is 4. The Balaban J connectivity index is 2.04. The van der Waals surface area contributed by atoms with Gasteiger partial charge in [0.25, 0.3) is 5.91 Å². The van der Waals surface area contributed by atoms with Gasteiger partial charge in [0.2, 0.25) is 0 Å². The molecule has 0 radical (unpaired) electrons. The molecule has 0 aliphatic carbocycles. The smallest absolute Gasteiger partial charge is 0.276 e. The monoisotopic (exact) mass is 217 g/mol. The van der Waals surface area contributed by atoms with Gasteiger partial charge in [-0.25, -0.2) is 0 Å². The number of hydrogen-bond acceptors (Lipinski definition) is 4. The van der Waals surface area contributed by atoms with Crippen molar-refractivity contribution in [1.29, 1.82) is 0 Å². The second kappa shape index (κ2) is 4.52. The second-order valence-corrected chi connectivity index (χ2v) is 3.34. The molecule has 0 aliphatic heterocycles. The zero-order valence-electron chi connectivity index (χ0n) is 8.79. The quantitative estimate of drug-likeness (QED) is 0.811. The van der Waals surface area contributed by atoms with E-state index in [0.717, 1.165) is 5.69 Å². The highest BCUT2D eigenvalue weighted by atomic mass is 16.2. The number of rotatable bonds is 3. The average Bonchev–Trinajstić information content (AvgIpc) is 2.83. The van der Waals surface area contributed by atoms with Crippen molar-refractivity contribution in [2.45, 2.75) is 6.54 Å². The van der Waals surface area contributed by atoms with Crippen molar-refractivity contribution in [3.63, 3.8) is 0 Å². The summed E-state index contributed by atoms with van der Waals surface area (Å²) in [4.78, 5) is 17.5. The number of amides is 1. The summed E-state index contributed by atoms with van der Waals surface area (Å²) >= 11 is 0. The highest BCUT2D eigenvalue weighted by Gasteiger charge is 2.14. The lowest BCUT2D eigenvalue weighted by atomic mass is 10.3. The van der Waals surface area contributed by atoms with E-state index in [-0.39, 0.29) is 5.91 Å². The summed E-state index contributed by atoms with van der Waals surface area (Å²) in [6.45, 7) is 0.451. The Morgan fingerprint density at radius 2 is 2.38 bits per heavy atom. The summed E-state index contributed by atoms with van der Waals surface area (Å²) in [5.41, 5.74) is 1.14. The molecule has 0 fully saturated rings. The van der Waals surface area contributed by atoms with E-state index in [1.54, 1.807) is 18.1 Å². The normalized spacial score (nSPS) is 10.1. The summed E-state index contributed by atoms with van der Waals surface area (Å²) in [7, 11) is 1.70. The largest absolute Gasteiger partial charge is 0.334 e. The van der Waals surface area contributed by atoms with Gasteiger partial charge in [-0.05, 0) is 12.1 Å². The fraction of sp³-hybridized carbons (Fsp3) is 0.200. The van der Waals surface area contributed by atoms with Crippen molar-refractivity contribution in [3.05, 3.63) is 42.0 Å². The number of aromatic amines is 1. The minimum atomic E-state index is -0.181. The first-order valence-corrected chi connectivity index (χ1v) is 4.78. The third-order valence-corrected chi connectivity index (χ3v) is 2.11. The number of pyridine rings is 1. The molecular weight excluding hydrogens is 206 g/mol. The van der Waals surface area contributed by atoms with Crippen LogP contribution in [-0.2, 0) is 6.54 Å². The zero-order valence-corrected chi connectivity index (χ0v) is 8.79. The van der Waals surface area contributed by atoms with Crippen molar-refractivity contribution < 1.29 is 4.79 Å². The molecule has 0 saturated carbocycles. The van der Waals surface area contributed by atoms with Gasteiger partial charge in [-0.2, -0.15) is 15.4 Å². The van der Waals surface area contributed by atoms with E-state index in [9.17, 15) is 4.79 Å². The summed E-state index contributed by atoms with van der Waals surface area (Å²) in [6.07, 6.45) is 3.10. The predicted octanol–water partition coefficient (Wildman–Crippen LogP) is 0.472. The predicted molar refractivity (Wildman–Crippen MR) is 56.4 cm³/mol. The number of aromatic nitrogens is 4. The molecule has 0 aromatic carbocycles. The fourth-order valence-electron chi connectivity index (χ4n) is 1.31. The summed E-state index contributed by atoms with van der Waals surface area (Å²) in [5, 5.41) is 9.73. The van der Waals surface area contributed by atoms with Gasteiger partial charge in [-0.3, -0.25) is 9.78 Å². The molecule has 2 rings (SSSR count). The van der Waals surface area contributed by atoms with E-state index in [1.165, 1.54) is 6.20 Å². The van der Waals surface area contributed by atoms with Crippen LogP contribution in [0.1, 0.15) is 16.2 Å². The van der Waals surface area contributed by atoms with Crippen molar-refractivity contribution in [2.24, 2.45) is 0 Å². The molecule has 0 atom stereocenters. The van der Waals surface area contributed by atoms with Crippen molar-refractivity contribution in [1.82, 2.24) is 25.3 Å². The second-order valence-electron chi connectivity index (χ2n) is 3.34. The molecule has 0 spiro atoms. The van der Waals surface area contributed by atoms with Crippen molar-refractivity contribution in [3.8, 4) is 0 Å². The molecule has 2 aromatic heterocycles. The molecule has 2 heterocycles. The molecular formula is C10H11N5O. The van der Waals surface area contributed by atoms with Crippen LogP contribution >= 0.6 is 0 Å². The van der Waals surface area contributed by atoms with Crippen LogP contribution in [0.5, 0.6) is 0 Å². The maximum atomic E-state index is 11.8. The van der Waals surface area contributed by atoms with E-state index in [2.05, 4.69) is 20.4 Å². The van der Waals surface area contributed by atoms with Gasteiger partial charge in [0, 0.05) is 13.2 Å².